The summed E-state index contributed by atoms with van der Waals surface area (Å²) in [5, 5.41) is 10.2. The maximum Gasteiger partial charge on any atom is 0.420 e. The van der Waals surface area contributed by atoms with Crippen LogP contribution in [0.3, 0.4) is 0 Å². The summed E-state index contributed by atoms with van der Waals surface area (Å²) in [5.74, 6) is -1.80. The first-order valence-electron chi connectivity index (χ1n) is 9.56. The zero-order chi connectivity index (χ0) is 21.4. The lowest BCUT2D eigenvalue weighted by Crippen LogP contribution is -2.32. The van der Waals surface area contributed by atoms with Crippen LogP contribution in [0.25, 0.3) is 10.8 Å². The molecule has 1 N–H and O–H groups in total. The van der Waals surface area contributed by atoms with E-state index >= 15 is 0 Å². The molecule has 1 fully saturated rings. The van der Waals surface area contributed by atoms with Crippen molar-refractivity contribution in [2.45, 2.75) is 63.6 Å². The predicted molar refractivity (Wildman–Crippen MR) is 96.6 cm³/mol. The van der Waals surface area contributed by atoms with Gasteiger partial charge in [-0.05, 0) is 60.6 Å². The molecule has 2 aromatic rings. The van der Waals surface area contributed by atoms with Gasteiger partial charge in [0.1, 0.15) is 11.3 Å². The van der Waals surface area contributed by atoms with E-state index in [1.54, 1.807) is 6.92 Å². The Kier molecular flexibility index (Phi) is 6.03. The number of aliphatic hydroxyl groups excluding tert-OH is 1. The van der Waals surface area contributed by atoms with Crippen molar-refractivity contribution in [3.8, 4) is 5.75 Å². The van der Waals surface area contributed by atoms with Crippen LogP contribution in [0, 0.1) is 5.92 Å². The lowest BCUT2D eigenvalue weighted by Gasteiger charge is -2.31. The van der Waals surface area contributed by atoms with Crippen molar-refractivity contribution in [2.24, 2.45) is 5.92 Å². The highest BCUT2D eigenvalue weighted by Gasteiger charge is 2.42. The molecule has 2 aromatic carbocycles. The molecule has 0 spiro atoms. The molecule has 160 valence electrons. The number of hydrogen-bond acceptors (Lipinski definition) is 2. The van der Waals surface area contributed by atoms with Crippen molar-refractivity contribution in [3.05, 3.63) is 41.5 Å². The Bertz CT molecular complexity index is 851. The number of ether oxygens (including phenoxy) is 1. The SMILES string of the molecule is CC[C@H](O)c1ccc2c(C(F)(F)F)c(OC3CCC(C(F)(F)F)CC3)ccc2c1. The molecule has 8 heteroatoms. The summed E-state index contributed by atoms with van der Waals surface area (Å²) in [6, 6.07) is 6.96. The standard InChI is InChI=1S/C21H22F6O2/c1-2-17(28)13-3-9-16-12(11-13)4-10-18(19(16)21(25,26)27)29-15-7-5-14(6-8-15)20(22,23)24/h3-4,9-11,14-15,17,28H,2,5-8H2,1H3/t14?,15?,17-/m0/s1. The third-order valence-corrected chi connectivity index (χ3v) is 5.49. The molecule has 0 aromatic heterocycles. The Morgan fingerprint density at radius 2 is 1.66 bits per heavy atom. The highest BCUT2D eigenvalue weighted by molar-refractivity contribution is 5.89. The first kappa shape index (κ1) is 21.7. The average molecular weight is 420 g/mol. The molecule has 0 heterocycles. The van der Waals surface area contributed by atoms with Gasteiger partial charge in [-0.2, -0.15) is 26.3 Å². The summed E-state index contributed by atoms with van der Waals surface area (Å²) in [7, 11) is 0. The van der Waals surface area contributed by atoms with Gasteiger partial charge in [0, 0.05) is 0 Å². The second-order valence-electron chi connectivity index (χ2n) is 7.47. The monoisotopic (exact) mass is 420 g/mol. The third-order valence-electron chi connectivity index (χ3n) is 5.49. The van der Waals surface area contributed by atoms with Crippen LogP contribution in [-0.4, -0.2) is 17.4 Å². The Morgan fingerprint density at radius 3 is 2.21 bits per heavy atom. The molecule has 0 bridgehead atoms. The van der Waals surface area contributed by atoms with Crippen molar-refractivity contribution in [2.75, 3.05) is 0 Å². The van der Waals surface area contributed by atoms with E-state index in [0.717, 1.165) is 0 Å². The molecule has 1 atom stereocenters. The van der Waals surface area contributed by atoms with Crippen molar-refractivity contribution in [1.82, 2.24) is 0 Å². The summed E-state index contributed by atoms with van der Waals surface area (Å²) in [4.78, 5) is 0. The van der Waals surface area contributed by atoms with Crippen LogP contribution in [0.1, 0.15) is 56.3 Å². The van der Waals surface area contributed by atoms with Crippen LogP contribution in [0.2, 0.25) is 0 Å². The summed E-state index contributed by atoms with van der Waals surface area (Å²) in [6.45, 7) is 1.76. The zero-order valence-electron chi connectivity index (χ0n) is 15.8. The van der Waals surface area contributed by atoms with Crippen LogP contribution in [-0.2, 0) is 6.18 Å². The van der Waals surface area contributed by atoms with Crippen LogP contribution >= 0.6 is 0 Å². The lowest BCUT2D eigenvalue weighted by atomic mass is 9.87. The summed E-state index contributed by atoms with van der Waals surface area (Å²) < 4.78 is 85.3. The molecule has 0 saturated heterocycles. The normalized spacial score (nSPS) is 21.9. The van der Waals surface area contributed by atoms with Crippen LogP contribution in [0.5, 0.6) is 5.75 Å². The van der Waals surface area contributed by atoms with Crippen LogP contribution in [0.15, 0.2) is 30.3 Å². The molecule has 1 aliphatic rings. The Hall–Kier alpha value is -1.96. The minimum Gasteiger partial charge on any atom is -0.490 e. The molecule has 1 saturated carbocycles. The maximum atomic E-state index is 13.8. The van der Waals surface area contributed by atoms with Crippen LogP contribution < -0.4 is 4.74 Å². The summed E-state index contributed by atoms with van der Waals surface area (Å²) in [6.07, 6.45) is -10.2. The van der Waals surface area contributed by atoms with Gasteiger partial charge in [-0.15, -0.1) is 0 Å². The van der Waals surface area contributed by atoms with Crippen LogP contribution in [0.4, 0.5) is 26.3 Å². The molecule has 29 heavy (non-hydrogen) atoms. The average Bonchev–Trinajstić information content (AvgIpc) is 2.65. The molecular formula is C21H22F6O2. The third kappa shape index (κ3) is 4.79. The van der Waals surface area contributed by atoms with E-state index in [4.69, 9.17) is 4.74 Å². The van der Waals surface area contributed by atoms with E-state index in [0.29, 0.717) is 17.4 Å². The van der Waals surface area contributed by atoms with E-state index in [-0.39, 0.29) is 36.8 Å². The molecule has 3 rings (SSSR count). The maximum absolute atomic E-state index is 13.8. The molecule has 1 aliphatic carbocycles. The van der Waals surface area contributed by atoms with E-state index in [1.807, 2.05) is 0 Å². The fourth-order valence-electron chi connectivity index (χ4n) is 3.85. The van der Waals surface area contributed by atoms with E-state index < -0.39 is 36.0 Å². The second-order valence-corrected chi connectivity index (χ2v) is 7.47. The topological polar surface area (TPSA) is 29.5 Å². The Morgan fingerprint density at radius 1 is 1.00 bits per heavy atom. The van der Waals surface area contributed by atoms with E-state index in [1.165, 1.54) is 30.3 Å². The first-order valence-corrected chi connectivity index (χ1v) is 9.56. The van der Waals surface area contributed by atoms with E-state index in [2.05, 4.69) is 0 Å². The quantitative estimate of drug-likeness (QED) is 0.551. The van der Waals surface area contributed by atoms with Gasteiger partial charge in [-0.1, -0.05) is 25.1 Å². The first-order chi connectivity index (χ1) is 13.5. The predicted octanol–water partition coefficient (Wildman–Crippen LogP) is 6.80. The zero-order valence-corrected chi connectivity index (χ0v) is 15.8. The van der Waals surface area contributed by atoms with Gasteiger partial charge in [0.2, 0.25) is 0 Å². The number of benzene rings is 2. The minimum atomic E-state index is -4.69. The van der Waals surface area contributed by atoms with Gasteiger partial charge in [0.15, 0.2) is 0 Å². The van der Waals surface area contributed by atoms with Crippen molar-refractivity contribution >= 4 is 10.8 Å². The summed E-state index contributed by atoms with van der Waals surface area (Å²) in [5.41, 5.74) is -0.419. The summed E-state index contributed by atoms with van der Waals surface area (Å²) >= 11 is 0. The fraction of sp³-hybridized carbons (Fsp3) is 0.524. The minimum absolute atomic E-state index is 0.0567. The van der Waals surface area contributed by atoms with Gasteiger partial charge in [-0.3, -0.25) is 0 Å². The van der Waals surface area contributed by atoms with Gasteiger partial charge in [0.25, 0.3) is 0 Å². The highest BCUT2D eigenvalue weighted by Crippen LogP contribution is 2.44. The number of halogens is 6. The number of rotatable bonds is 4. The van der Waals surface area contributed by atoms with Gasteiger partial charge in [-0.25, -0.2) is 0 Å². The molecule has 0 radical (unpaired) electrons. The molecule has 0 unspecified atom stereocenters. The van der Waals surface area contributed by atoms with Gasteiger partial charge < -0.3 is 9.84 Å². The smallest absolute Gasteiger partial charge is 0.420 e. The number of fused-ring (bicyclic) bond motifs is 1. The number of aliphatic hydroxyl groups is 1. The Labute approximate surface area is 164 Å². The molecular weight excluding hydrogens is 398 g/mol. The second kappa shape index (κ2) is 8.05. The largest absolute Gasteiger partial charge is 0.490 e. The van der Waals surface area contributed by atoms with Crippen molar-refractivity contribution < 1.29 is 36.2 Å². The lowest BCUT2D eigenvalue weighted by molar-refractivity contribution is -0.185. The van der Waals surface area contributed by atoms with Crippen molar-refractivity contribution in [3.63, 3.8) is 0 Å². The van der Waals surface area contributed by atoms with E-state index in [9.17, 15) is 31.4 Å². The molecule has 0 aliphatic heterocycles. The Balaban J connectivity index is 1.90. The molecule has 2 nitrogen and oxygen atoms in total. The van der Waals surface area contributed by atoms with Gasteiger partial charge >= 0.3 is 12.4 Å². The number of hydrogen-bond donors (Lipinski definition) is 1. The highest BCUT2D eigenvalue weighted by atomic mass is 19.4. The molecule has 0 amide bonds. The fourth-order valence-corrected chi connectivity index (χ4v) is 3.85. The van der Waals surface area contributed by atoms with Crippen molar-refractivity contribution in [1.29, 1.82) is 0 Å². The van der Waals surface area contributed by atoms with Gasteiger partial charge in [0.05, 0.1) is 18.1 Å². The number of alkyl halides is 6.